The van der Waals surface area contributed by atoms with E-state index in [1.165, 1.54) is 0 Å². The molecule has 5 nitrogen and oxygen atoms in total. The largest absolute Gasteiger partial charge is 0.493 e. The molecule has 0 amide bonds. The third kappa shape index (κ3) is 8.81. The molecule has 0 bridgehead atoms. The lowest BCUT2D eigenvalue weighted by Gasteiger charge is -2.14. The Morgan fingerprint density at radius 3 is 2.17 bits per heavy atom. The normalized spacial score (nSPS) is 12.2. The van der Waals surface area contributed by atoms with Crippen LogP contribution in [0.15, 0.2) is 47.6 Å². The third-order valence-corrected chi connectivity index (χ3v) is 4.96. The van der Waals surface area contributed by atoms with Crippen molar-refractivity contribution in [2.75, 3.05) is 26.9 Å². The number of ether oxygens (including phenoxy) is 3. The van der Waals surface area contributed by atoms with Crippen molar-refractivity contribution in [1.82, 2.24) is 0 Å². The van der Waals surface area contributed by atoms with Crippen LogP contribution in [-0.4, -0.2) is 38.8 Å². The number of hydrogen-bond acceptors (Lipinski definition) is 5. The van der Waals surface area contributed by atoms with Crippen LogP contribution in [0.3, 0.4) is 0 Å². The van der Waals surface area contributed by atoms with E-state index in [-0.39, 0.29) is 12.4 Å². The molecule has 0 aliphatic heterocycles. The van der Waals surface area contributed by atoms with Gasteiger partial charge in [-0.1, -0.05) is 17.3 Å². The van der Waals surface area contributed by atoms with Crippen molar-refractivity contribution in [1.29, 1.82) is 0 Å². The fourth-order valence-corrected chi connectivity index (χ4v) is 3.32. The summed E-state index contributed by atoms with van der Waals surface area (Å²) in [6, 6.07) is 6.87. The van der Waals surface area contributed by atoms with Gasteiger partial charge < -0.3 is 19.0 Å². The van der Waals surface area contributed by atoms with Crippen LogP contribution in [-0.2, 0) is 4.84 Å². The fraction of sp³-hybridized carbons (Fsp3) is 0.423. The van der Waals surface area contributed by atoms with E-state index in [2.05, 4.69) is 9.99 Å². The van der Waals surface area contributed by atoms with Gasteiger partial charge in [-0.3, -0.25) is 0 Å². The highest BCUT2D eigenvalue weighted by Crippen LogP contribution is 2.29. The second-order valence-corrected chi connectivity index (χ2v) is 7.79. The van der Waals surface area contributed by atoms with Gasteiger partial charge in [-0.15, -0.1) is 0 Å². The predicted octanol–water partition coefficient (Wildman–Crippen LogP) is 6.94. The van der Waals surface area contributed by atoms with Crippen LogP contribution < -0.4 is 14.2 Å². The van der Waals surface area contributed by atoms with Crippen LogP contribution in [0.4, 0.5) is 17.6 Å². The van der Waals surface area contributed by atoms with Crippen LogP contribution in [0.25, 0.3) is 0 Å². The first-order chi connectivity index (χ1) is 16.7. The molecule has 0 heterocycles. The third-order valence-electron chi connectivity index (χ3n) is 4.96. The highest BCUT2D eigenvalue weighted by atomic mass is 19.4. The van der Waals surface area contributed by atoms with E-state index in [4.69, 9.17) is 14.2 Å². The summed E-state index contributed by atoms with van der Waals surface area (Å²) in [7, 11) is 0.991. The van der Waals surface area contributed by atoms with Crippen molar-refractivity contribution in [3.8, 4) is 17.2 Å². The molecule has 0 aliphatic rings. The maximum Gasteiger partial charge on any atom is 0.437 e. The lowest BCUT2D eigenvalue weighted by Crippen LogP contribution is -2.24. The highest BCUT2D eigenvalue weighted by Gasteiger charge is 2.38. The summed E-state index contributed by atoms with van der Waals surface area (Å²) in [5.74, 6) is 0.607. The van der Waals surface area contributed by atoms with Gasteiger partial charge in [0, 0.05) is 5.56 Å². The lowest BCUT2D eigenvalue weighted by molar-refractivity contribution is -0.0608. The first-order valence-electron chi connectivity index (χ1n) is 11.3. The molecule has 0 spiro atoms. The Morgan fingerprint density at radius 1 is 0.943 bits per heavy atom. The van der Waals surface area contributed by atoms with Gasteiger partial charge in [0.1, 0.15) is 25.2 Å². The van der Waals surface area contributed by atoms with Gasteiger partial charge in [0.25, 0.3) is 0 Å². The van der Waals surface area contributed by atoms with Gasteiger partial charge in [-0.25, -0.2) is 4.39 Å². The molecule has 0 N–H and O–H groups in total. The number of allylic oxidation sites excluding steroid dienone is 1. The molecule has 0 atom stereocenters. The van der Waals surface area contributed by atoms with Crippen LogP contribution >= 0.6 is 0 Å². The molecule has 0 saturated carbocycles. The maximum atomic E-state index is 14.2. The number of hydrogen-bond donors (Lipinski definition) is 0. The molecular formula is C26H31F4NO4. The van der Waals surface area contributed by atoms with Crippen LogP contribution in [0.5, 0.6) is 17.2 Å². The molecule has 0 unspecified atom stereocenters. The minimum atomic E-state index is -4.77. The molecule has 0 aliphatic carbocycles. The average Bonchev–Trinajstić information content (AvgIpc) is 2.78. The van der Waals surface area contributed by atoms with E-state index in [0.717, 1.165) is 60.8 Å². The molecule has 0 saturated heterocycles. The summed E-state index contributed by atoms with van der Waals surface area (Å²) in [5, 5.41) is 2.96. The molecule has 35 heavy (non-hydrogen) atoms. The Kier molecular flexibility index (Phi) is 10.9. The molecule has 0 fully saturated rings. The first-order valence-corrected chi connectivity index (χ1v) is 11.3. The van der Waals surface area contributed by atoms with Gasteiger partial charge in [0.2, 0.25) is 0 Å². The minimum Gasteiger partial charge on any atom is -0.493 e. The average molecular weight is 498 g/mol. The van der Waals surface area contributed by atoms with Gasteiger partial charge in [0.15, 0.2) is 17.3 Å². The predicted molar refractivity (Wildman–Crippen MR) is 127 cm³/mol. The Balaban J connectivity index is 1.77. The second-order valence-electron chi connectivity index (χ2n) is 7.79. The van der Waals surface area contributed by atoms with Crippen LogP contribution in [0.1, 0.15) is 42.9 Å². The van der Waals surface area contributed by atoms with Crippen LogP contribution in [0, 0.1) is 19.7 Å². The maximum absolute atomic E-state index is 14.2. The number of nitrogens with zero attached hydrogens (tertiary/aromatic N) is 1. The smallest absolute Gasteiger partial charge is 0.437 e. The highest BCUT2D eigenvalue weighted by molar-refractivity contribution is 6.04. The van der Waals surface area contributed by atoms with Gasteiger partial charge >= 0.3 is 6.18 Å². The lowest BCUT2D eigenvalue weighted by atomic mass is 10.1. The summed E-state index contributed by atoms with van der Waals surface area (Å²) >= 11 is 0. The zero-order chi connectivity index (χ0) is 25.8. The summed E-state index contributed by atoms with van der Waals surface area (Å²) in [6.07, 6.45) is 1.28. The summed E-state index contributed by atoms with van der Waals surface area (Å²) < 4.78 is 70.3. The summed E-state index contributed by atoms with van der Waals surface area (Å²) in [4.78, 5) is 4.23. The van der Waals surface area contributed by atoms with E-state index in [9.17, 15) is 17.6 Å². The molecule has 0 aromatic heterocycles. The Bertz CT molecular complexity index is 996. The Morgan fingerprint density at radius 2 is 1.60 bits per heavy atom. The monoisotopic (exact) mass is 497 g/mol. The van der Waals surface area contributed by atoms with Gasteiger partial charge in [0.05, 0.1) is 13.2 Å². The van der Waals surface area contributed by atoms with Crippen molar-refractivity contribution in [3.05, 3.63) is 65.0 Å². The van der Waals surface area contributed by atoms with E-state index in [1.807, 2.05) is 45.1 Å². The number of aryl methyl sites for hydroxylation is 2. The van der Waals surface area contributed by atoms with Crippen molar-refractivity contribution in [2.45, 2.75) is 46.2 Å². The zero-order valence-electron chi connectivity index (χ0n) is 20.4. The second kappa shape index (κ2) is 13.6. The van der Waals surface area contributed by atoms with Crippen LogP contribution in [0.2, 0.25) is 0 Å². The van der Waals surface area contributed by atoms with E-state index in [1.54, 1.807) is 0 Å². The standard InChI is InChI=1S/C26H31F4NO4/c1-5-6-12-33-21-15-18(2)24(19(3)16-21)35-14-9-7-8-13-34-23-11-10-20(17-22(23)27)25(31-32-4)26(28,29)30/h5-6,10-11,15-17H,7-9,12-14H2,1-4H3/b6-5+,31-25-. The van der Waals surface area contributed by atoms with Crippen molar-refractivity contribution >= 4 is 5.71 Å². The molecular weight excluding hydrogens is 466 g/mol. The van der Waals surface area contributed by atoms with Crippen molar-refractivity contribution < 1.29 is 36.6 Å². The Labute approximate surface area is 203 Å². The number of benzene rings is 2. The van der Waals surface area contributed by atoms with Crippen molar-refractivity contribution in [3.63, 3.8) is 0 Å². The number of alkyl halides is 3. The molecule has 2 aromatic carbocycles. The number of halogens is 4. The molecule has 192 valence electrons. The fourth-order valence-electron chi connectivity index (χ4n) is 3.32. The molecule has 9 heteroatoms. The molecule has 0 radical (unpaired) electrons. The summed E-state index contributed by atoms with van der Waals surface area (Å²) in [6.45, 7) is 7.14. The number of rotatable bonds is 13. The van der Waals surface area contributed by atoms with Crippen molar-refractivity contribution in [2.24, 2.45) is 5.16 Å². The van der Waals surface area contributed by atoms with E-state index in [0.29, 0.717) is 19.6 Å². The van der Waals surface area contributed by atoms with E-state index >= 15 is 0 Å². The molecule has 2 rings (SSSR count). The summed E-state index contributed by atoms with van der Waals surface area (Å²) in [5.41, 5.74) is 0.231. The molecule has 2 aromatic rings. The first kappa shape index (κ1) is 28.0. The zero-order valence-corrected chi connectivity index (χ0v) is 20.4. The number of unbranched alkanes of at least 4 members (excludes halogenated alkanes) is 2. The SMILES string of the molecule is C/C=C/COc1cc(C)c(OCCCCCOc2ccc(/C(=N/OC)C(F)(F)F)cc2F)c(C)c1. The topological polar surface area (TPSA) is 49.3 Å². The quantitative estimate of drug-likeness (QED) is 0.0989. The van der Waals surface area contributed by atoms with Gasteiger partial charge in [-0.2, -0.15) is 13.2 Å². The Hall–Kier alpha value is -3.23. The van der Waals surface area contributed by atoms with Gasteiger partial charge in [-0.05, 0) is 81.5 Å². The minimum absolute atomic E-state index is 0.119. The van der Waals surface area contributed by atoms with E-state index < -0.39 is 23.3 Å². The number of oxime groups is 1.